The van der Waals surface area contributed by atoms with Gasteiger partial charge in [-0.1, -0.05) is 6.07 Å². The van der Waals surface area contributed by atoms with Crippen molar-refractivity contribution in [2.75, 3.05) is 7.11 Å². The van der Waals surface area contributed by atoms with Gasteiger partial charge in [-0.05, 0) is 19.1 Å². The van der Waals surface area contributed by atoms with Crippen LogP contribution in [0, 0.1) is 0 Å². The van der Waals surface area contributed by atoms with Crippen molar-refractivity contribution in [2.24, 2.45) is 11.5 Å². The lowest BCUT2D eigenvalue weighted by Crippen LogP contribution is -2.12. The van der Waals surface area contributed by atoms with E-state index >= 15 is 0 Å². The van der Waals surface area contributed by atoms with Gasteiger partial charge in [0.25, 0.3) is 5.91 Å². The maximum atomic E-state index is 11.1. The van der Waals surface area contributed by atoms with E-state index in [1.165, 1.54) is 6.20 Å². The Bertz CT molecular complexity index is 604. The third kappa shape index (κ3) is 2.43. The number of nitrogens with zero attached hydrogens (tertiary/aromatic N) is 2. The molecule has 0 radical (unpaired) electrons. The molecule has 1 aromatic heterocycles. The van der Waals surface area contributed by atoms with Crippen LogP contribution in [0.15, 0.2) is 30.6 Å². The van der Waals surface area contributed by atoms with Crippen LogP contribution in [0.2, 0.25) is 0 Å². The van der Waals surface area contributed by atoms with Crippen LogP contribution in [0.25, 0.3) is 5.69 Å². The Morgan fingerprint density at radius 2 is 2.21 bits per heavy atom. The fraction of sp³-hybridized carbons (Fsp3) is 0.231. The van der Waals surface area contributed by atoms with Crippen molar-refractivity contribution in [3.05, 3.63) is 41.7 Å². The Labute approximate surface area is 111 Å². The fourth-order valence-corrected chi connectivity index (χ4v) is 1.95. The number of hydrogen-bond acceptors (Lipinski definition) is 4. The Balaban J connectivity index is 2.57. The highest BCUT2D eigenvalue weighted by Gasteiger charge is 2.16. The lowest BCUT2D eigenvalue weighted by atomic mass is 10.1. The fourth-order valence-electron chi connectivity index (χ4n) is 1.95. The molecular formula is C13H16N4O2. The van der Waals surface area contributed by atoms with Crippen LogP contribution >= 0.6 is 0 Å². The topological polar surface area (TPSA) is 96.2 Å². The number of aromatic nitrogens is 2. The average molecular weight is 260 g/mol. The third-order valence-corrected chi connectivity index (χ3v) is 2.83. The quantitative estimate of drug-likeness (QED) is 0.857. The number of nitrogens with two attached hydrogens (primary N) is 2. The van der Waals surface area contributed by atoms with E-state index in [4.69, 9.17) is 16.2 Å². The zero-order chi connectivity index (χ0) is 14.0. The predicted octanol–water partition coefficient (Wildman–Crippen LogP) is 1.000. The van der Waals surface area contributed by atoms with E-state index in [-0.39, 0.29) is 6.04 Å². The molecule has 1 amide bonds. The van der Waals surface area contributed by atoms with Gasteiger partial charge in [-0.25, -0.2) is 4.68 Å². The summed E-state index contributed by atoms with van der Waals surface area (Å²) in [4.78, 5) is 11.1. The van der Waals surface area contributed by atoms with Crippen LogP contribution in [0.4, 0.5) is 0 Å². The van der Waals surface area contributed by atoms with Crippen molar-refractivity contribution in [3.63, 3.8) is 0 Å². The molecule has 0 aliphatic rings. The molecule has 1 aromatic carbocycles. The molecule has 0 fully saturated rings. The minimum atomic E-state index is -0.517. The molecule has 6 heteroatoms. The van der Waals surface area contributed by atoms with Crippen molar-refractivity contribution in [2.45, 2.75) is 13.0 Å². The number of rotatable bonds is 4. The van der Waals surface area contributed by atoms with Gasteiger partial charge in [0.2, 0.25) is 0 Å². The highest BCUT2D eigenvalue weighted by molar-refractivity contribution is 5.92. The number of amides is 1. The zero-order valence-electron chi connectivity index (χ0n) is 10.8. The number of benzene rings is 1. The summed E-state index contributed by atoms with van der Waals surface area (Å²) in [6.07, 6.45) is 3.00. The summed E-state index contributed by atoms with van der Waals surface area (Å²) in [5.41, 5.74) is 13.1. The second-order valence-corrected chi connectivity index (χ2v) is 4.22. The molecule has 0 saturated carbocycles. The first-order valence-corrected chi connectivity index (χ1v) is 5.82. The van der Waals surface area contributed by atoms with E-state index < -0.39 is 5.91 Å². The highest BCUT2D eigenvalue weighted by atomic mass is 16.5. The average Bonchev–Trinajstić information content (AvgIpc) is 2.87. The molecule has 0 spiro atoms. The minimum Gasteiger partial charge on any atom is -0.496 e. The van der Waals surface area contributed by atoms with Crippen molar-refractivity contribution >= 4 is 5.91 Å². The lowest BCUT2D eigenvalue weighted by molar-refractivity contribution is 0.100. The maximum Gasteiger partial charge on any atom is 0.251 e. The highest BCUT2D eigenvalue weighted by Crippen LogP contribution is 2.29. The van der Waals surface area contributed by atoms with E-state index in [1.54, 1.807) is 18.0 Å². The van der Waals surface area contributed by atoms with Crippen LogP contribution in [0.5, 0.6) is 5.75 Å². The van der Waals surface area contributed by atoms with Crippen LogP contribution in [0.3, 0.4) is 0 Å². The van der Waals surface area contributed by atoms with Gasteiger partial charge in [0, 0.05) is 17.8 Å². The number of hydrogen-bond donors (Lipinski definition) is 2. The molecule has 0 aliphatic carbocycles. The van der Waals surface area contributed by atoms with Gasteiger partial charge < -0.3 is 16.2 Å². The first-order chi connectivity index (χ1) is 9.04. The Morgan fingerprint density at radius 3 is 2.74 bits per heavy atom. The summed E-state index contributed by atoms with van der Waals surface area (Å²) in [5, 5.41) is 4.13. The molecule has 1 heterocycles. The van der Waals surface area contributed by atoms with E-state index in [0.29, 0.717) is 11.3 Å². The molecule has 100 valence electrons. The van der Waals surface area contributed by atoms with Crippen LogP contribution in [0.1, 0.15) is 28.9 Å². The predicted molar refractivity (Wildman–Crippen MR) is 71.2 cm³/mol. The van der Waals surface area contributed by atoms with Crippen molar-refractivity contribution in [1.29, 1.82) is 0 Å². The molecule has 1 unspecified atom stereocenters. The molecule has 2 aromatic rings. The SMILES string of the molecule is COc1cccc(-n2cc(C(N)=O)cn2)c1C(C)N. The molecule has 1 atom stereocenters. The van der Waals surface area contributed by atoms with Gasteiger partial charge in [0.1, 0.15) is 5.75 Å². The van der Waals surface area contributed by atoms with Gasteiger partial charge in [-0.15, -0.1) is 0 Å². The van der Waals surface area contributed by atoms with Crippen molar-refractivity contribution < 1.29 is 9.53 Å². The minimum absolute atomic E-state index is 0.229. The van der Waals surface area contributed by atoms with Crippen LogP contribution in [-0.2, 0) is 0 Å². The standard InChI is InChI=1S/C13H16N4O2/c1-8(14)12-10(4-3-5-11(12)19-2)17-7-9(6-16-17)13(15)18/h3-8H,14H2,1-2H3,(H2,15,18). The number of methoxy groups -OCH3 is 1. The van der Waals surface area contributed by atoms with Crippen LogP contribution in [-0.4, -0.2) is 22.8 Å². The number of ether oxygens (including phenoxy) is 1. The largest absolute Gasteiger partial charge is 0.496 e. The summed E-state index contributed by atoms with van der Waals surface area (Å²) in [5.74, 6) is 0.167. The second-order valence-electron chi connectivity index (χ2n) is 4.22. The van der Waals surface area contributed by atoms with Crippen molar-refractivity contribution in [3.8, 4) is 11.4 Å². The van der Waals surface area contributed by atoms with Gasteiger partial charge in [0.05, 0.1) is 24.6 Å². The van der Waals surface area contributed by atoms with Gasteiger partial charge in [-0.2, -0.15) is 5.10 Å². The van der Waals surface area contributed by atoms with Gasteiger partial charge in [-0.3, -0.25) is 4.79 Å². The molecule has 6 nitrogen and oxygen atoms in total. The van der Waals surface area contributed by atoms with E-state index in [9.17, 15) is 4.79 Å². The summed E-state index contributed by atoms with van der Waals surface area (Å²) >= 11 is 0. The van der Waals surface area contributed by atoms with Crippen molar-refractivity contribution in [1.82, 2.24) is 9.78 Å². The number of primary amides is 1. The van der Waals surface area contributed by atoms with Gasteiger partial charge >= 0.3 is 0 Å². The summed E-state index contributed by atoms with van der Waals surface area (Å²) in [6.45, 7) is 1.86. The zero-order valence-corrected chi connectivity index (χ0v) is 10.8. The molecule has 0 saturated heterocycles. The van der Waals surface area contributed by atoms with E-state index in [2.05, 4.69) is 5.10 Å². The summed E-state index contributed by atoms with van der Waals surface area (Å²) < 4.78 is 6.88. The molecule has 19 heavy (non-hydrogen) atoms. The molecular weight excluding hydrogens is 244 g/mol. The third-order valence-electron chi connectivity index (χ3n) is 2.83. The first-order valence-electron chi connectivity index (χ1n) is 5.82. The monoisotopic (exact) mass is 260 g/mol. The maximum absolute atomic E-state index is 11.1. The summed E-state index contributed by atoms with van der Waals surface area (Å²) in [7, 11) is 1.59. The molecule has 0 bridgehead atoms. The Hall–Kier alpha value is -2.34. The Kier molecular flexibility index (Phi) is 3.52. The normalized spacial score (nSPS) is 12.2. The second kappa shape index (κ2) is 5.11. The van der Waals surface area contributed by atoms with Gasteiger partial charge in [0.15, 0.2) is 0 Å². The first kappa shape index (κ1) is 13.1. The molecule has 4 N–H and O–H groups in total. The Morgan fingerprint density at radius 1 is 1.47 bits per heavy atom. The molecule has 2 rings (SSSR count). The number of carbonyl (C=O) groups is 1. The van der Waals surface area contributed by atoms with E-state index in [1.807, 2.05) is 25.1 Å². The molecule has 0 aliphatic heterocycles. The smallest absolute Gasteiger partial charge is 0.251 e. The number of carbonyl (C=O) groups excluding carboxylic acids is 1. The summed E-state index contributed by atoms with van der Waals surface area (Å²) in [6, 6.07) is 5.30. The lowest BCUT2D eigenvalue weighted by Gasteiger charge is -2.16. The van der Waals surface area contributed by atoms with Crippen LogP contribution < -0.4 is 16.2 Å². The van der Waals surface area contributed by atoms with E-state index in [0.717, 1.165) is 11.3 Å².